The molecule has 1 N–H and O–H groups in total. The van der Waals surface area contributed by atoms with E-state index in [1.54, 1.807) is 6.92 Å². The number of carbonyl (C=O) groups is 1. The van der Waals surface area contributed by atoms with Crippen LogP contribution >= 0.6 is 11.8 Å². The average Bonchev–Trinajstić information content (AvgIpc) is 2.38. The lowest BCUT2D eigenvalue weighted by Gasteiger charge is -2.24. The average molecular weight is 279 g/mol. The highest BCUT2D eigenvalue weighted by Gasteiger charge is 2.18. The Morgan fingerprint density at radius 1 is 1.26 bits per heavy atom. The Bertz CT molecular complexity index is 366. The summed E-state index contributed by atoms with van der Waals surface area (Å²) in [6.07, 6.45) is 4.87. The van der Waals surface area contributed by atoms with Crippen LogP contribution in [0.15, 0.2) is 35.2 Å². The van der Waals surface area contributed by atoms with E-state index in [-0.39, 0.29) is 11.9 Å². The largest absolute Gasteiger partial charge is 0.353 e. The van der Waals surface area contributed by atoms with Gasteiger partial charge in [0.05, 0.1) is 0 Å². The number of carbonyl (C=O) groups excluding carboxylic acids is 1. The number of rotatable bonds is 8. The van der Waals surface area contributed by atoms with Gasteiger partial charge in [-0.2, -0.15) is 0 Å². The van der Waals surface area contributed by atoms with Crippen molar-refractivity contribution >= 4 is 17.7 Å². The molecule has 2 unspecified atom stereocenters. The third-order valence-electron chi connectivity index (χ3n) is 3.11. The molecule has 1 aromatic carbocycles. The Hall–Kier alpha value is -0.960. The topological polar surface area (TPSA) is 29.1 Å². The summed E-state index contributed by atoms with van der Waals surface area (Å²) in [4.78, 5) is 12.5. The van der Waals surface area contributed by atoms with Crippen molar-refractivity contribution in [2.75, 3.05) is 0 Å². The van der Waals surface area contributed by atoms with Gasteiger partial charge in [0.25, 0.3) is 0 Å². The smallest absolute Gasteiger partial charge is 0.217 e. The zero-order chi connectivity index (χ0) is 14.1. The second kappa shape index (κ2) is 9.03. The van der Waals surface area contributed by atoms with Gasteiger partial charge in [0.1, 0.15) is 0 Å². The van der Waals surface area contributed by atoms with Gasteiger partial charge in [-0.05, 0) is 25.5 Å². The van der Waals surface area contributed by atoms with Crippen LogP contribution in [0.3, 0.4) is 0 Å². The van der Waals surface area contributed by atoms with E-state index < -0.39 is 0 Å². The number of unbranched alkanes of at least 4 members (excludes halogenated alkanes) is 2. The van der Waals surface area contributed by atoms with Crippen LogP contribution in [-0.4, -0.2) is 17.2 Å². The molecule has 106 valence electrons. The highest BCUT2D eigenvalue weighted by atomic mass is 32.2. The summed E-state index contributed by atoms with van der Waals surface area (Å²) >= 11 is 1.87. The third kappa shape index (κ3) is 6.67. The molecule has 0 aliphatic rings. The molecule has 19 heavy (non-hydrogen) atoms. The van der Waals surface area contributed by atoms with E-state index in [0.29, 0.717) is 5.25 Å². The molecule has 2 atom stereocenters. The van der Waals surface area contributed by atoms with Crippen molar-refractivity contribution in [1.29, 1.82) is 0 Å². The lowest BCUT2D eigenvalue weighted by Crippen LogP contribution is -2.38. The standard InChI is InChI=1S/C16H25NOS/c1-4-5-7-12-16(13(2)17-14(3)18)19-15-10-8-6-9-11-15/h6,8-11,13,16H,4-5,7,12H2,1-3H3,(H,17,18). The van der Waals surface area contributed by atoms with Gasteiger partial charge >= 0.3 is 0 Å². The van der Waals surface area contributed by atoms with Crippen molar-refractivity contribution in [3.63, 3.8) is 0 Å². The lowest BCUT2D eigenvalue weighted by atomic mass is 10.1. The van der Waals surface area contributed by atoms with Crippen molar-refractivity contribution < 1.29 is 4.79 Å². The predicted octanol–water partition coefficient (Wildman–Crippen LogP) is 4.25. The van der Waals surface area contributed by atoms with Crippen LogP contribution in [-0.2, 0) is 4.79 Å². The number of nitrogens with one attached hydrogen (secondary N) is 1. The maximum absolute atomic E-state index is 11.2. The van der Waals surface area contributed by atoms with Crippen molar-refractivity contribution in [1.82, 2.24) is 5.32 Å². The normalized spacial score (nSPS) is 13.8. The van der Waals surface area contributed by atoms with Gasteiger partial charge in [-0.25, -0.2) is 0 Å². The first kappa shape index (κ1) is 16.1. The van der Waals surface area contributed by atoms with Crippen molar-refractivity contribution in [2.45, 2.75) is 62.6 Å². The number of amides is 1. The third-order valence-corrected chi connectivity index (χ3v) is 4.60. The molecular formula is C16H25NOS. The van der Waals surface area contributed by atoms with Gasteiger partial charge < -0.3 is 5.32 Å². The summed E-state index contributed by atoms with van der Waals surface area (Å²) in [5.41, 5.74) is 0. The molecule has 1 amide bonds. The minimum atomic E-state index is 0.0571. The fraction of sp³-hybridized carbons (Fsp3) is 0.562. The van der Waals surface area contributed by atoms with Gasteiger partial charge in [0.15, 0.2) is 0 Å². The molecule has 0 fully saturated rings. The molecule has 0 saturated heterocycles. The van der Waals surface area contributed by atoms with Gasteiger partial charge in [0, 0.05) is 23.1 Å². The van der Waals surface area contributed by atoms with Crippen LogP contribution in [0, 0.1) is 0 Å². The second-order valence-electron chi connectivity index (χ2n) is 4.95. The molecule has 0 heterocycles. The maximum Gasteiger partial charge on any atom is 0.217 e. The summed E-state index contributed by atoms with van der Waals surface area (Å²) in [5, 5.41) is 3.47. The van der Waals surface area contributed by atoms with Crippen molar-refractivity contribution in [2.24, 2.45) is 0 Å². The van der Waals surface area contributed by atoms with Gasteiger partial charge in [-0.3, -0.25) is 4.79 Å². The van der Waals surface area contributed by atoms with E-state index in [2.05, 4.69) is 43.4 Å². The summed E-state index contributed by atoms with van der Waals surface area (Å²) in [6, 6.07) is 10.6. The Morgan fingerprint density at radius 3 is 2.53 bits per heavy atom. The first-order chi connectivity index (χ1) is 9.13. The van der Waals surface area contributed by atoms with Crippen molar-refractivity contribution in [3.05, 3.63) is 30.3 Å². The first-order valence-corrected chi connectivity index (χ1v) is 8.00. The SMILES string of the molecule is CCCCCC(Sc1ccccc1)C(C)NC(C)=O. The van der Waals surface area contributed by atoms with E-state index in [0.717, 1.165) is 6.42 Å². The zero-order valence-electron chi connectivity index (χ0n) is 12.2. The molecule has 0 bridgehead atoms. The maximum atomic E-state index is 11.2. The molecule has 0 aliphatic carbocycles. The van der Waals surface area contributed by atoms with Crippen LogP contribution in [0.1, 0.15) is 46.5 Å². The number of benzene rings is 1. The quantitative estimate of drug-likeness (QED) is 0.569. The van der Waals surface area contributed by atoms with E-state index in [4.69, 9.17) is 0 Å². The van der Waals surface area contributed by atoms with Crippen LogP contribution in [0.4, 0.5) is 0 Å². The molecule has 0 spiro atoms. The number of hydrogen-bond acceptors (Lipinski definition) is 2. The molecule has 1 aromatic rings. The summed E-state index contributed by atoms with van der Waals surface area (Å²) in [7, 11) is 0. The van der Waals surface area contributed by atoms with Crippen LogP contribution in [0.5, 0.6) is 0 Å². The summed E-state index contributed by atoms with van der Waals surface area (Å²) < 4.78 is 0. The zero-order valence-corrected chi connectivity index (χ0v) is 13.0. The van der Waals surface area contributed by atoms with Gasteiger partial charge in [0.2, 0.25) is 5.91 Å². The highest BCUT2D eigenvalue weighted by molar-refractivity contribution is 8.00. The Morgan fingerprint density at radius 2 is 1.95 bits per heavy atom. The summed E-state index contributed by atoms with van der Waals surface area (Å²) in [5.74, 6) is 0.0571. The predicted molar refractivity (Wildman–Crippen MR) is 83.5 cm³/mol. The molecule has 2 nitrogen and oxygen atoms in total. The monoisotopic (exact) mass is 279 g/mol. The highest BCUT2D eigenvalue weighted by Crippen LogP contribution is 2.29. The Balaban J connectivity index is 2.60. The van der Waals surface area contributed by atoms with Crippen LogP contribution in [0.2, 0.25) is 0 Å². The van der Waals surface area contributed by atoms with Crippen molar-refractivity contribution in [3.8, 4) is 0 Å². The van der Waals surface area contributed by atoms with Crippen LogP contribution < -0.4 is 5.32 Å². The minimum absolute atomic E-state index is 0.0571. The molecule has 0 aliphatic heterocycles. The molecule has 1 rings (SSSR count). The molecule has 0 saturated carbocycles. The fourth-order valence-electron chi connectivity index (χ4n) is 2.09. The number of thioether (sulfide) groups is 1. The number of hydrogen-bond donors (Lipinski definition) is 1. The van der Waals surface area contributed by atoms with Gasteiger partial charge in [-0.15, -0.1) is 11.8 Å². The molecule has 0 aromatic heterocycles. The van der Waals surface area contributed by atoms with Gasteiger partial charge in [-0.1, -0.05) is 44.4 Å². The van der Waals surface area contributed by atoms with E-state index in [1.807, 2.05) is 17.8 Å². The van der Waals surface area contributed by atoms with E-state index >= 15 is 0 Å². The fourth-order valence-corrected chi connectivity index (χ4v) is 3.31. The van der Waals surface area contributed by atoms with E-state index in [1.165, 1.54) is 24.2 Å². The van der Waals surface area contributed by atoms with E-state index in [9.17, 15) is 4.79 Å². The van der Waals surface area contributed by atoms with Crippen LogP contribution in [0.25, 0.3) is 0 Å². The molecule has 3 heteroatoms. The molecule has 0 radical (unpaired) electrons. The Kier molecular flexibility index (Phi) is 7.65. The minimum Gasteiger partial charge on any atom is -0.353 e. The molecular weight excluding hydrogens is 254 g/mol. The Labute approximate surface area is 121 Å². The second-order valence-corrected chi connectivity index (χ2v) is 6.27. The first-order valence-electron chi connectivity index (χ1n) is 7.12. The summed E-state index contributed by atoms with van der Waals surface area (Å²) in [6.45, 7) is 5.91. The lowest BCUT2D eigenvalue weighted by molar-refractivity contribution is -0.119.